The molecule has 0 saturated carbocycles. The summed E-state index contributed by atoms with van der Waals surface area (Å²) in [6.07, 6.45) is -0.273. The number of para-hydroxylation sites is 2. The fraction of sp³-hybridized carbons (Fsp3) is 0.211. The molecule has 28 heavy (non-hydrogen) atoms. The lowest BCUT2D eigenvalue weighted by molar-refractivity contribution is -0.147. The summed E-state index contributed by atoms with van der Waals surface area (Å²) in [5.41, 5.74) is 0.813. The van der Waals surface area contributed by atoms with Crippen LogP contribution in [0.3, 0.4) is 0 Å². The molecule has 2 aromatic rings. The average Bonchev–Trinajstić information content (AvgIpc) is 2.68. The number of rotatable bonds is 8. The monoisotopic (exact) mass is 424 g/mol. The van der Waals surface area contributed by atoms with E-state index in [1.54, 1.807) is 42.5 Å². The SMILES string of the molecule is COc1ccccc1NC(=O)CCC(=O)OCC(=O)Nc1cccc(Cl)c1Cl. The second kappa shape index (κ2) is 10.5. The molecule has 0 aliphatic heterocycles. The Morgan fingerprint density at radius 1 is 0.893 bits per heavy atom. The third kappa shape index (κ3) is 6.44. The summed E-state index contributed by atoms with van der Waals surface area (Å²) in [4.78, 5) is 35.5. The first-order chi connectivity index (χ1) is 13.4. The molecule has 0 spiro atoms. The van der Waals surface area contributed by atoms with Crippen LogP contribution >= 0.6 is 23.2 Å². The number of anilines is 2. The fourth-order valence-corrected chi connectivity index (χ4v) is 2.53. The molecular weight excluding hydrogens is 407 g/mol. The molecular formula is C19H18Cl2N2O5. The Morgan fingerprint density at radius 2 is 1.57 bits per heavy atom. The third-order valence-corrected chi connectivity index (χ3v) is 4.35. The summed E-state index contributed by atoms with van der Waals surface area (Å²) in [6, 6.07) is 11.7. The Hall–Kier alpha value is -2.77. The molecule has 0 aliphatic carbocycles. The Labute approximate surface area is 171 Å². The van der Waals surface area contributed by atoms with Gasteiger partial charge in [0.15, 0.2) is 6.61 Å². The van der Waals surface area contributed by atoms with Crippen molar-refractivity contribution in [2.75, 3.05) is 24.4 Å². The third-order valence-electron chi connectivity index (χ3n) is 3.53. The van der Waals surface area contributed by atoms with Gasteiger partial charge in [-0.1, -0.05) is 41.4 Å². The largest absolute Gasteiger partial charge is 0.495 e. The Balaban J connectivity index is 1.74. The molecule has 0 aromatic heterocycles. The zero-order valence-electron chi connectivity index (χ0n) is 15.0. The summed E-state index contributed by atoms with van der Waals surface area (Å²) in [6.45, 7) is -0.504. The molecule has 0 radical (unpaired) electrons. The zero-order valence-corrected chi connectivity index (χ0v) is 16.5. The van der Waals surface area contributed by atoms with Crippen molar-refractivity contribution in [3.63, 3.8) is 0 Å². The number of amides is 2. The molecule has 0 fully saturated rings. The van der Waals surface area contributed by atoms with Crippen molar-refractivity contribution in [2.45, 2.75) is 12.8 Å². The highest BCUT2D eigenvalue weighted by Crippen LogP contribution is 2.29. The van der Waals surface area contributed by atoms with Gasteiger partial charge in [0.05, 0.1) is 35.0 Å². The predicted molar refractivity (Wildman–Crippen MR) is 107 cm³/mol. The quantitative estimate of drug-likeness (QED) is 0.626. The lowest BCUT2D eigenvalue weighted by Gasteiger charge is -2.10. The molecule has 2 N–H and O–H groups in total. The minimum absolute atomic E-state index is 0.0986. The Kier molecular flexibility index (Phi) is 8.10. The maximum atomic E-state index is 12.0. The minimum atomic E-state index is -0.678. The van der Waals surface area contributed by atoms with Gasteiger partial charge >= 0.3 is 5.97 Å². The lowest BCUT2D eigenvalue weighted by Crippen LogP contribution is -2.22. The summed E-state index contributed by atoms with van der Waals surface area (Å²) in [5.74, 6) is -1.12. The second-order valence-electron chi connectivity index (χ2n) is 5.56. The van der Waals surface area contributed by atoms with E-state index in [0.717, 1.165) is 0 Å². The normalized spacial score (nSPS) is 10.1. The van der Waals surface area contributed by atoms with Crippen LogP contribution in [0.25, 0.3) is 0 Å². The first-order valence-corrected chi connectivity index (χ1v) is 8.98. The molecule has 2 rings (SSSR count). The summed E-state index contributed by atoms with van der Waals surface area (Å²) < 4.78 is 9.99. The molecule has 148 valence electrons. The fourth-order valence-electron chi connectivity index (χ4n) is 2.18. The van der Waals surface area contributed by atoms with Gasteiger partial charge in [-0.05, 0) is 24.3 Å². The van der Waals surface area contributed by atoms with E-state index >= 15 is 0 Å². The summed E-state index contributed by atoms with van der Waals surface area (Å²) in [7, 11) is 1.49. The van der Waals surface area contributed by atoms with Gasteiger partial charge in [-0.15, -0.1) is 0 Å². The van der Waals surface area contributed by atoms with Crippen molar-refractivity contribution in [1.29, 1.82) is 0 Å². The first-order valence-electron chi connectivity index (χ1n) is 8.23. The number of hydrogen-bond donors (Lipinski definition) is 2. The van der Waals surface area contributed by atoms with Gasteiger partial charge in [0, 0.05) is 6.42 Å². The Bertz CT molecular complexity index is 873. The lowest BCUT2D eigenvalue weighted by atomic mass is 10.2. The van der Waals surface area contributed by atoms with Crippen LogP contribution in [-0.2, 0) is 19.1 Å². The molecule has 0 aliphatic rings. The maximum absolute atomic E-state index is 12.0. The number of carbonyl (C=O) groups excluding carboxylic acids is 3. The number of benzene rings is 2. The smallest absolute Gasteiger partial charge is 0.306 e. The molecule has 0 heterocycles. The highest BCUT2D eigenvalue weighted by atomic mass is 35.5. The summed E-state index contributed by atoms with van der Waals surface area (Å²) in [5, 5.41) is 5.62. The highest BCUT2D eigenvalue weighted by Gasteiger charge is 2.13. The van der Waals surface area contributed by atoms with Crippen molar-refractivity contribution in [3.05, 3.63) is 52.5 Å². The van der Waals surface area contributed by atoms with E-state index in [9.17, 15) is 14.4 Å². The molecule has 9 heteroatoms. The molecule has 0 unspecified atom stereocenters. The van der Waals surface area contributed by atoms with Gasteiger partial charge in [0.2, 0.25) is 5.91 Å². The van der Waals surface area contributed by atoms with Crippen LogP contribution in [0.1, 0.15) is 12.8 Å². The average molecular weight is 425 g/mol. The van der Waals surface area contributed by atoms with Crippen molar-refractivity contribution < 1.29 is 23.9 Å². The van der Waals surface area contributed by atoms with E-state index in [-0.39, 0.29) is 28.8 Å². The number of ether oxygens (including phenoxy) is 2. The maximum Gasteiger partial charge on any atom is 0.306 e. The van der Waals surface area contributed by atoms with E-state index in [1.807, 2.05) is 0 Å². The molecule has 2 aromatic carbocycles. The van der Waals surface area contributed by atoms with Gasteiger partial charge in [0.1, 0.15) is 5.75 Å². The standard InChI is InChI=1S/C19H18Cl2N2O5/c1-27-15-8-3-2-6-13(15)22-16(24)9-10-18(26)28-11-17(25)23-14-7-4-5-12(20)19(14)21/h2-8H,9-11H2,1H3,(H,22,24)(H,23,25). The van der Waals surface area contributed by atoms with Gasteiger partial charge in [-0.3, -0.25) is 14.4 Å². The van der Waals surface area contributed by atoms with Crippen LogP contribution in [-0.4, -0.2) is 31.5 Å². The number of methoxy groups -OCH3 is 1. The van der Waals surface area contributed by atoms with Gasteiger partial charge in [-0.2, -0.15) is 0 Å². The number of hydrogen-bond acceptors (Lipinski definition) is 5. The predicted octanol–water partition coefficient (Wildman–Crippen LogP) is 3.90. The van der Waals surface area contributed by atoms with Crippen LogP contribution in [0.5, 0.6) is 5.75 Å². The number of esters is 1. The van der Waals surface area contributed by atoms with Gasteiger partial charge < -0.3 is 20.1 Å². The van der Waals surface area contributed by atoms with Crippen LogP contribution in [0.4, 0.5) is 11.4 Å². The first kappa shape index (κ1) is 21.5. The Morgan fingerprint density at radius 3 is 2.32 bits per heavy atom. The van der Waals surface area contributed by atoms with E-state index in [0.29, 0.717) is 17.1 Å². The van der Waals surface area contributed by atoms with Crippen LogP contribution in [0.15, 0.2) is 42.5 Å². The van der Waals surface area contributed by atoms with E-state index in [4.69, 9.17) is 32.7 Å². The van der Waals surface area contributed by atoms with Gasteiger partial charge in [-0.25, -0.2) is 0 Å². The molecule has 0 saturated heterocycles. The topological polar surface area (TPSA) is 93.7 Å². The van der Waals surface area contributed by atoms with Crippen molar-refractivity contribution in [2.24, 2.45) is 0 Å². The molecule has 2 amide bonds. The van der Waals surface area contributed by atoms with Crippen molar-refractivity contribution in [1.82, 2.24) is 0 Å². The van der Waals surface area contributed by atoms with Crippen LogP contribution in [0, 0.1) is 0 Å². The number of carbonyl (C=O) groups is 3. The second-order valence-corrected chi connectivity index (χ2v) is 6.34. The zero-order chi connectivity index (χ0) is 20.5. The van der Waals surface area contributed by atoms with Crippen LogP contribution in [0.2, 0.25) is 10.0 Å². The summed E-state index contributed by atoms with van der Waals surface area (Å²) >= 11 is 11.8. The number of nitrogens with one attached hydrogen (secondary N) is 2. The number of halogens is 2. The van der Waals surface area contributed by atoms with E-state index in [2.05, 4.69) is 10.6 Å². The van der Waals surface area contributed by atoms with Crippen molar-refractivity contribution >= 4 is 52.4 Å². The van der Waals surface area contributed by atoms with Gasteiger partial charge in [0.25, 0.3) is 5.91 Å². The van der Waals surface area contributed by atoms with Crippen molar-refractivity contribution in [3.8, 4) is 5.75 Å². The van der Waals surface area contributed by atoms with Crippen LogP contribution < -0.4 is 15.4 Å². The molecule has 0 atom stereocenters. The van der Waals surface area contributed by atoms with E-state index < -0.39 is 18.5 Å². The minimum Gasteiger partial charge on any atom is -0.495 e. The highest BCUT2D eigenvalue weighted by molar-refractivity contribution is 6.44. The van der Waals surface area contributed by atoms with E-state index in [1.165, 1.54) is 7.11 Å². The molecule has 0 bridgehead atoms. The molecule has 7 nitrogen and oxygen atoms in total.